The first kappa shape index (κ1) is 15.0. The van der Waals surface area contributed by atoms with Crippen molar-refractivity contribution in [2.24, 2.45) is 0 Å². The Balaban J connectivity index is 2.44. The number of rotatable bonds is 2. The van der Waals surface area contributed by atoms with Gasteiger partial charge in [-0.25, -0.2) is 4.39 Å². The van der Waals surface area contributed by atoms with Gasteiger partial charge in [0, 0.05) is 31.7 Å². The van der Waals surface area contributed by atoms with Crippen LogP contribution in [0.5, 0.6) is 5.75 Å². The minimum atomic E-state index is -4.70. The fourth-order valence-corrected chi connectivity index (χ4v) is 2.30. The van der Waals surface area contributed by atoms with Crippen molar-refractivity contribution in [1.29, 1.82) is 0 Å². The first-order chi connectivity index (χ1) is 9.32. The van der Waals surface area contributed by atoms with Gasteiger partial charge in [0.2, 0.25) is 5.82 Å². The number of nitrogens with one attached hydrogen (secondary N) is 1. The van der Waals surface area contributed by atoms with E-state index in [0.29, 0.717) is 19.2 Å². The smallest absolute Gasteiger partial charge is 0.408 e. The second-order valence-corrected chi connectivity index (χ2v) is 4.53. The summed E-state index contributed by atoms with van der Waals surface area (Å²) < 4.78 is 65.8. The zero-order valence-electron chi connectivity index (χ0n) is 10.3. The maximum absolute atomic E-state index is 13.3. The fraction of sp³-hybridized carbons (Fsp3) is 0.500. The third-order valence-electron chi connectivity index (χ3n) is 3.22. The minimum Gasteiger partial charge on any atom is -0.505 e. The topological polar surface area (TPSA) is 35.5 Å². The van der Waals surface area contributed by atoms with E-state index in [1.807, 2.05) is 0 Å². The molecule has 1 aliphatic rings. The average Bonchev–Trinajstić information content (AvgIpc) is 2.39. The van der Waals surface area contributed by atoms with Crippen molar-refractivity contribution in [2.75, 3.05) is 26.2 Å². The maximum atomic E-state index is 13.3. The molecule has 0 radical (unpaired) electrons. The van der Waals surface area contributed by atoms with Crippen molar-refractivity contribution in [3.8, 4) is 5.75 Å². The molecule has 0 amide bonds. The summed E-state index contributed by atoms with van der Waals surface area (Å²) in [5.41, 5.74) is -0.668. The number of hydrogen-bond acceptors (Lipinski definition) is 3. The first-order valence-electron chi connectivity index (χ1n) is 6.00. The Morgan fingerprint density at radius 1 is 1.15 bits per heavy atom. The molecule has 0 aliphatic carbocycles. The highest BCUT2D eigenvalue weighted by Crippen LogP contribution is 2.42. The molecule has 1 aliphatic heterocycles. The van der Waals surface area contributed by atoms with Crippen LogP contribution in [0.4, 0.5) is 22.0 Å². The number of alkyl halides is 3. The lowest BCUT2D eigenvalue weighted by molar-refractivity contribution is -0.188. The number of aromatic hydroxyl groups is 1. The lowest BCUT2D eigenvalue weighted by Gasteiger charge is -2.36. The number of benzene rings is 1. The van der Waals surface area contributed by atoms with E-state index in [1.165, 1.54) is 0 Å². The van der Waals surface area contributed by atoms with Gasteiger partial charge in [0.05, 0.1) is 0 Å². The predicted octanol–water partition coefficient (Wildman–Crippen LogP) is 2.18. The second kappa shape index (κ2) is 5.53. The number of halogens is 5. The lowest BCUT2D eigenvalue weighted by atomic mass is 10.0. The fourth-order valence-electron chi connectivity index (χ4n) is 2.30. The Hall–Kier alpha value is -1.41. The van der Waals surface area contributed by atoms with E-state index < -0.39 is 35.2 Å². The van der Waals surface area contributed by atoms with Gasteiger partial charge in [-0.2, -0.15) is 17.6 Å². The second-order valence-electron chi connectivity index (χ2n) is 4.53. The summed E-state index contributed by atoms with van der Waals surface area (Å²) in [5, 5.41) is 12.4. The third kappa shape index (κ3) is 2.85. The van der Waals surface area contributed by atoms with Gasteiger partial charge in [0.15, 0.2) is 11.6 Å². The summed E-state index contributed by atoms with van der Waals surface area (Å²) in [4.78, 5) is 1.09. The van der Waals surface area contributed by atoms with Crippen LogP contribution in [0, 0.1) is 11.6 Å². The van der Waals surface area contributed by atoms with Crippen molar-refractivity contribution in [3.05, 3.63) is 29.3 Å². The van der Waals surface area contributed by atoms with E-state index >= 15 is 0 Å². The number of nitrogens with zero attached hydrogens (tertiary/aromatic N) is 1. The average molecular weight is 296 g/mol. The monoisotopic (exact) mass is 296 g/mol. The van der Waals surface area contributed by atoms with Gasteiger partial charge in [0.1, 0.15) is 6.04 Å². The largest absolute Gasteiger partial charge is 0.505 e. The van der Waals surface area contributed by atoms with E-state index in [9.17, 15) is 27.1 Å². The zero-order valence-corrected chi connectivity index (χ0v) is 10.3. The van der Waals surface area contributed by atoms with Crippen molar-refractivity contribution in [3.63, 3.8) is 0 Å². The lowest BCUT2D eigenvalue weighted by Crippen LogP contribution is -2.49. The molecule has 3 nitrogen and oxygen atoms in total. The van der Waals surface area contributed by atoms with E-state index in [2.05, 4.69) is 5.32 Å². The quantitative estimate of drug-likeness (QED) is 0.821. The van der Waals surface area contributed by atoms with Crippen LogP contribution in [-0.4, -0.2) is 42.4 Å². The molecule has 1 aromatic rings. The molecule has 0 saturated carbocycles. The molecule has 2 N–H and O–H groups in total. The summed E-state index contributed by atoms with van der Waals surface area (Å²) in [7, 11) is 0. The molecular weight excluding hydrogens is 283 g/mol. The Morgan fingerprint density at radius 2 is 1.75 bits per heavy atom. The molecule has 1 atom stereocenters. The molecule has 0 aromatic heterocycles. The van der Waals surface area contributed by atoms with Crippen LogP contribution in [0.3, 0.4) is 0 Å². The summed E-state index contributed by atoms with van der Waals surface area (Å²) in [6, 6.07) is -0.793. The molecule has 20 heavy (non-hydrogen) atoms. The van der Waals surface area contributed by atoms with Crippen LogP contribution in [0.25, 0.3) is 0 Å². The van der Waals surface area contributed by atoms with Crippen molar-refractivity contribution in [2.45, 2.75) is 12.2 Å². The van der Waals surface area contributed by atoms with Gasteiger partial charge in [-0.1, -0.05) is 6.07 Å². The van der Waals surface area contributed by atoms with Crippen molar-refractivity contribution >= 4 is 0 Å². The molecule has 0 spiro atoms. The Labute approximate surface area is 112 Å². The Kier molecular flexibility index (Phi) is 4.14. The molecule has 1 saturated heterocycles. The van der Waals surface area contributed by atoms with Crippen LogP contribution in [0.15, 0.2) is 12.1 Å². The molecule has 8 heteroatoms. The van der Waals surface area contributed by atoms with Crippen molar-refractivity contribution in [1.82, 2.24) is 10.2 Å². The van der Waals surface area contributed by atoms with E-state index in [4.69, 9.17) is 0 Å². The highest BCUT2D eigenvalue weighted by Gasteiger charge is 2.46. The molecule has 2 rings (SSSR count). The van der Waals surface area contributed by atoms with Crippen LogP contribution in [-0.2, 0) is 0 Å². The molecule has 0 bridgehead atoms. The number of piperazine rings is 1. The van der Waals surface area contributed by atoms with Crippen molar-refractivity contribution < 1.29 is 27.1 Å². The highest BCUT2D eigenvalue weighted by atomic mass is 19.4. The zero-order chi connectivity index (χ0) is 14.9. The summed E-state index contributed by atoms with van der Waals surface area (Å²) in [5.74, 6) is -4.33. The normalized spacial score (nSPS) is 19.1. The number of phenolic OH excluding ortho intramolecular Hbond substituents is 1. The van der Waals surface area contributed by atoms with Crippen LogP contribution in [0.1, 0.15) is 11.6 Å². The molecule has 1 fully saturated rings. The van der Waals surface area contributed by atoms with Crippen LogP contribution < -0.4 is 5.32 Å². The van der Waals surface area contributed by atoms with Crippen LogP contribution in [0.2, 0.25) is 0 Å². The molecule has 112 valence electrons. The van der Waals surface area contributed by atoms with Gasteiger partial charge >= 0.3 is 6.18 Å². The standard InChI is InChI=1S/C12H13F5N2O/c13-8-2-1-7(10(20)9(8)14)11(12(15,16)17)19-5-3-18-4-6-19/h1-2,11,18,20H,3-6H2/t11-/m1/s1. The Morgan fingerprint density at radius 3 is 2.30 bits per heavy atom. The van der Waals surface area contributed by atoms with Gasteiger partial charge in [-0.3, -0.25) is 4.90 Å². The third-order valence-corrected chi connectivity index (χ3v) is 3.22. The molecular formula is C12H13F5N2O. The van der Waals surface area contributed by atoms with E-state index in [1.54, 1.807) is 0 Å². The van der Waals surface area contributed by atoms with E-state index in [0.717, 1.165) is 11.0 Å². The summed E-state index contributed by atoms with van der Waals surface area (Å²) >= 11 is 0. The van der Waals surface area contributed by atoms with Gasteiger partial charge in [-0.05, 0) is 6.07 Å². The van der Waals surface area contributed by atoms with Gasteiger partial charge in [0.25, 0.3) is 0 Å². The number of hydrogen-bond donors (Lipinski definition) is 2. The van der Waals surface area contributed by atoms with Gasteiger partial charge in [-0.15, -0.1) is 0 Å². The number of phenols is 1. The van der Waals surface area contributed by atoms with Gasteiger partial charge < -0.3 is 10.4 Å². The van der Waals surface area contributed by atoms with E-state index in [-0.39, 0.29) is 13.1 Å². The highest BCUT2D eigenvalue weighted by molar-refractivity contribution is 5.37. The molecule has 1 heterocycles. The first-order valence-corrected chi connectivity index (χ1v) is 6.00. The molecule has 1 aromatic carbocycles. The van der Waals surface area contributed by atoms with Crippen LogP contribution >= 0.6 is 0 Å². The Bertz CT molecular complexity index is 485. The minimum absolute atomic E-state index is 0.0998. The SMILES string of the molecule is Oc1c([C@@H](N2CCNCC2)C(F)(F)F)ccc(F)c1F. The maximum Gasteiger partial charge on any atom is 0.408 e. The predicted molar refractivity (Wildman–Crippen MR) is 61.3 cm³/mol. The summed E-state index contributed by atoms with van der Waals surface area (Å²) in [6.07, 6.45) is -4.70. The summed E-state index contributed by atoms with van der Waals surface area (Å²) in [6.45, 7) is 0.916. The molecule has 0 unspecified atom stereocenters.